The third-order valence-corrected chi connectivity index (χ3v) is 4.37. The van der Waals surface area contributed by atoms with E-state index in [1.807, 2.05) is 12.1 Å². The minimum Gasteiger partial charge on any atom is -0.494 e. The first-order valence-electron chi connectivity index (χ1n) is 6.88. The molecular formula is C15H20BrClO4. The standard InChI is InChI=1S/C15H20BrClO4/c16-11-15(20,14(18)19)9-3-1-2-4-10-21-13-7-5-12(17)6-8-13/h5-8,20H,1-4,9-11H2,(H,18,19). The zero-order valence-corrected chi connectivity index (χ0v) is 14.1. The van der Waals surface area contributed by atoms with E-state index in [-0.39, 0.29) is 11.8 Å². The van der Waals surface area contributed by atoms with Gasteiger partial charge >= 0.3 is 5.97 Å². The summed E-state index contributed by atoms with van der Waals surface area (Å²) < 4.78 is 5.56. The number of alkyl halides is 1. The molecule has 0 amide bonds. The predicted octanol–water partition coefficient (Wildman–Crippen LogP) is 3.88. The van der Waals surface area contributed by atoms with E-state index in [0.717, 1.165) is 25.0 Å². The minimum atomic E-state index is -1.65. The fourth-order valence-corrected chi connectivity index (χ4v) is 2.47. The molecule has 6 heteroatoms. The molecule has 0 saturated carbocycles. The van der Waals surface area contributed by atoms with Gasteiger partial charge in [-0.3, -0.25) is 0 Å². The summed E-state index contributed by atoms with van der Waals surface area (Å²) in [7, 11) is 0. The lowest BCUT2D eigenvalue weighted by Crippen LogP contribution is -2.40. The first kappa shape index (κ1) is 18.3. The monoisotopic (exact) mass is 378 g/mol. The maximum absolute atomic E-state index is 10.9. The zero-order chi connectivity index (χ0) is 15.7. The van der Waals surface area contributed by atoms with Crippen LogP contribution in [0.5, 0.6) is 5.75 Å². The minimum absolute atomic E-state index is 0.0506. The fraction of sp³-hybridized carbons (Fsp3) is 0.533. The maximum atomic E-state index is 10.9. The van der Waals surface area contributed by atoms with E-state index in [2.05, 4.69) is 15.9 Å². The van der Waals surface area contributed by atoms with Gasteiger partial charge in [0.15, 0.2) is 5.60 Å². The Balaban J connectivity index is 2.09. The average Bonchev–Trinajstić information content (AvgIpc) is 2.47. The third-order valence-electron chi connectivity index (χ3n) is 3.19. The number of rotatable bonds is 10. The van der Waals surface area contributed by atoms with Crippen molar-refractivity contribution in [1.29, 1.82) is 0 Å². The molecule has 118 valence electrons. The Labute approximate surface area is 138 Å². The van der Waals surface area contributed by atoms with Gasteiger partial charge in [0.1, 0.15) is 5.75 Å². The van der Waals surface area contributed by atoms with E-state index < -0.39 is 11.6 Å². The summed E-state index contributed by atoms with van der Waals surface area (Å²) in [6, 6.07) is 7.21. The van der Waals surface area contributed by atoms with Gasteiger partial charge in [-0.25, -0.2) is 4.79 Å². The molecule has 21 heavy (non-hydrogen) atoms. The fourth-order valence-electron chi connectivity index (χ4n) is 1.82. The van der Waals surface area contributed by atoms with Crippen molar-refractivity contribution in [3.05, 3.63) is 29.3 Å². The summed E-state index contributed by atoms with van der Waals surface area (Å²) in [5, 5.41) is 19.4. The molecule has 1 atom stereocenters. The molecule has 0 aliphatic carbocycles. The molecular weight excluding hydrogens is 360 g/mol. The van der Waals surface area contributed by atoms with Gasteiger partial charge in [-0.2, -0.15) is 0 Å². The maximum Gasteiger partial charge on any atom is 0.336 e. The van der Waals surface area contributed by atoms with Crippen LogP contribution < -0.4 is 4.74 Å². The summed E-state index contributed by atoms with van der Waals surface area (Å²) in [4.78, 5) is 10.9. The van der Waals surface area contributed by atoms with Crippen molar-refractivity contribution in [2.45, 2.75) is 37.7 Å². The molecule has 0 aromatic heterocycles. The third kappa shape index (κ3) is 6.68. The number of hydrogen-bond acceptors (Lipinski definition) is 3. The lowest BCUT2D eigenvalue weighted by molar-refractivity contribution is -0.156. The number of halogens is 2. The van der Waals surface area contributed by atoms with Gasteiger partial charge in [-0.1, -0.05) is 40.4 Å². The number of unbranched alkanes of at least 4 members (excludes halogenated alkanes) is 3. The number of aliphatic hydroxyl groups is 1. The average molecular weight is 380 g/mol. The molecule has 1 rings (SSSR count). The van der Waals surface area contributed by atoms with Crippen molar-refractivity contribution in [1.82, 2.24) is 0 Å². The van der Waals surface area contributed by atoms with Crippen molar-refractivity contribution in [3.8, 4) is 5.75 Å². The van der Waals surface area contributed by atoms with E-state index in [1.54, 1.807) is 12.1 Å². The zero-order valence-electron chi connectivity index (χ0n) is 11.7. The Morgan fingerprint density at radius 1 is 1.19 bits per heavy atom. The molecule has 0 saturated heterocycles. The number of aliphatic carboxylic acids is 1. The first-order valence-corrected chi connectivity index (χ1v) is 8.38. The highest BCUT2D eigenvalue weighted by Gasteiger charge is 2.33. The van der Waals surface area contributed by atoms with Crippen LogP contribution in [-0.2, 0) is 4.79 Å². The van der Waals surface area contributed by atoms with Gasteiger partial charge in [-0.15, -0.1) is 0 Å². The molecule has 0 bridgehead atoms. The van der Waals surface area contributed by atoms with Crippen molar-refractivity contribution < 1.29 is 19.7 Å². The Bertz CT molecular complexity index is 438. The highest BCUT2D eigenvalue weighted by molar-refractivity contribution is 9.09. The first-order chi connectivity index (χ1) is 9.98. The van der Waals surface area contributed by atoms with Crippen LogP contribution in [-0.4, -0.2) is 33.7 Å². The van der Waals surface area contributed by atoms with Gasteiger partial charge in [0.05, 0.1) is 6.61 Å². The number of carboxylic acids is 1. The van der Waals surface area contributed by atoms with Gasteiger partial charge in [0.25, 0.3) is 0 Å². The Morgan fingerprint density at radius 3 is 2.38 bits per heavy atom. The molecule has 0 spiro atoms. The second-order valence-electron chi connectivity index (χ2n) is 4.94. The predicted molar refractivity (Wildman–Crippen MR) is 86.4 cm³/mol. The van der Waals surface area contributed by atoms with Gasteiger partial charge in [-0.05, 0) is 43.5 Å². The van der Waals surface area contributed by atoms with Crippen LogP contribution in [0.15, 0.2) is 24.3 Å². The summed E-state index contributed by atoms with van der Waals surface area (Å²) >= 11 is 8.82. The van der Waals surface area contributed by atoms with E-state index in [9.17, 15) is 9.90 Å². The largest absolute Gasteiger partial charge is 0.494 e. The molecule has 4 nitrogen and oxygen atoms in total. The van der Waals surface area contributed by atoms with Gasteiger partial charge in [0.2, 0.25) is 0 Å². The molecule has 2 N–H and O–H groups in total. The number of carboxylic acid groups (broad SMARTS) is 1. The highest BCUT2D eigenvalue weighted by atomic mass is 79.9. The number of ether oxygens (including phenoxy) is 1. The van der Waals surface area contributed by atoms with Crippen molar-refractivity contribution in [3.63, 3.8) is 0 Å². The molecule has 0 aliphatic rings. The van der Waals surface area contributed by atoms with Crippen LogP contribution in [0.25, 0.3) is 0 Å². The van der Waals surface area contributed by atoms with E-state index >= 15 is 0 Å². The van der Waals surface area contributed by atoms with Crippen LogP contribution in [0.2, 0.25) is 5.02 Å². The van der Waals surface area contributed by atoms with E-state index in [0.29, 0.717) is 18.1 Å². The van der Waals surface area contributed by atoms with E-state index in [1.165, 1.54) is 0 Å². The molecule has 0 heterocycles. The topological polar surface area (TPSA) is 66.8 Å². The SMILES string of the molecule is O=C(O)C(O)(CBr)CCCCCCOc1ccc(Cl)cc1. The normalized spacial score (nSPS) is 13.7. The highest BCUT2D eigenvalue weighted by Crippen LogP contribution is 2.19. The Hall–Kier alpha value is -0.780. The summed E-state index contributed by atoms with van der Waals surface area (Å²) in [5.74, 6) is -0.385. The number of hydrogen-bond donors (Lipinski definition) is 2. The van der Waals surface area contributed by atoms with Crippen LogP contribution in [0.1, 0.15) is 32.1 Å². The summed E-state index contributed by atoms with van der Waals surface area (Å²) in [6.07, 6.45) is 3.63. The molecule has 0 radical (unpaired) electrons. The van der Waals surface area contributed by atoms with Crippen LogP contribution >= 0.6 is 27.5 Å². The van der Waals surface area contributed by atoms with Gasteiger partial charge < -0.3 is 14.9 Å². The van der Waals surface area contributed by atoms with Crippen LogP contribution in [0.4, 0.5) is 0 Å². The summed E-state index contributed by atoms with van der Waals surface area (Å²) in [6.45, 7) is 0.614. The number of carbonyl (C=O) groups is 1. The Kier molecular flexibility index (Phi) is 8.07. The number of benzene rings is 1. The van der Waals surface area contributed by atoms with Crippen LogP contribution in [0.3, 0.4) is 0 Å². The lowest BCUT2D eigenvalue weighted by Gasteiger charge is -2.20. The molecule has 1 aromatic rings. The Morgan fingerprint density at radius 2 is 1.81 bits per heavy atom. The lowest BCUT2D eigenvalue weighted by atomic mass is 9.98. The van der Waals surface area contributed by atoms with Crippen LogP contribution in [0, 0.1) is 0 Å². The molecule has 0 fully saturated rings. The van der Waals surface area contributed by atoms with Crippen molar-refractivity contribution in [2.24, 2.45) is 0 Å². The summed E-state index contributed by atoms with van der Waals surface area (Å²) in [5.41, 5.74) is -1.65. The molecule has 1 aromatic carbocycles. The van der Waals surface area contributed by atoms with E-state index in [4.69, 9.17) is 21.4 Å². The van der Waals surface area contributed by atoms with Crippen molar-refractivity contribution >= 4 is 33.5 Å². The molecule has 1 unspecified atom stereocenters. The van der Waals surface area contributed by atoms with Crippen molar-refractivity contribution in [2.75, 3.05) is 11.9 Å². The second kappa shape index (κ2) is 9.28. The van der Waals surface area contributed by atoms with Gasteiger partial charge in [0, 0.05) is 10.4 Å². The molecule has 0 aliphatic heterocycles. The smallest absolute Gasteiger partial charge is 0.336 e. The quantitative estimate of drug-likeness (QED) is 0.478. The second-order valence-corrected chi connectivity index (χ2v) is 5.93.